The van der Waals surface area contributed by atoms with Crippen molar-refractivity contribution in [2.24, 2.45) is 0 Å². The standard InChI is InChI=1S/C18H18N4O2/c23-18(13-4-2-1-3-5-13)19-14-6-7-17-16(12-14)20-21-22(17)15-8-10-24-11-9-15/h1-7,12,15H,8-11H2,(H,19,23). The smallest absolute Gasteiger partial charge is 0.255 e. The molecule has 2 aromatic carbocycles. The quantitative estimate of drug-likeness (QED) is 0.805. The lowest BCUT2D eigenvalue weighted by Crippen LogP contribution is -2.20. The number of carbonyl (C=O) groups excluding carboxylic acids is 1. The first-order valence-electron chi connectivity index (χ1n) is 8.10. The zero-order chi connectivity index (χ0) is 16.4. The lowest BCUT2D eigenvalue weighted by atomic mass is 10.1. The highest BCUT2D eigenvalue weighted by Gasteiger charge is 2.19. The number of ether oxygens (including phenoxy) is 1. The van der Waals surface area contributed by atoms with Gasteiger partial charge in [-0.2, -0.15) is 0 Å². The van der Waals surface area contributed by atoms with Crippen molar-refractivity contribution in [3.05, 3.63) is 54.1 Å². The van der Waals surface area contributed by atoms with Crippen LogP contribution in [0.15, 0.2) is 48.5 Å². The van der Waals surface area contributed by atoms with Crippen LogP contribution in [0.5, 0.6) is 0 Å². The number of amides is 1. The Kier molecular flexibility index (Phi) is 3.96. The van der Waals surface area contributed by atoms with Crippen LogP contribution in [-0.2, 0) is 4.74 Å². The molecule has 1 aliphatic heterocycles. The van der Waals surface area contributed by atoms with Gasteiger partial charge in [0, 0.05) is 24.5 Å². The third-order valence-corrected chi connectivity index (χ3v) is 4.30. The molecule has 0 bridgehead atoms. The number of benzene rings is 2. The van der Waals surface area contributed by atoms with E-state index < -0.39 is 0 Å². The van der Waals surface area contributed by atoms with Crippen LogP contribution in [0.25, 0.3) is 11.0 Å². The molecule has 2 heterocycles. The second kappa shape index (κ2) is 6.41. The van der Waals surface area contributed by atoms with E-state index in [4.69, 9.17) is 4.74 Å². The van der Waals surface area contributed by atoms with Crippen molar-refractivity contribution in [3.63, 3.8) is 0 Å². The van der Waals surface area contributed by atoms with Gasteiger partial charge >= 0.3 is 0 Å². The molecule has 0 atom stereocenters. The van der Waals surface area contributed by atoms with Crippen molar-refractivity contribution >= 4 is 22.6 Å². The van der Waals surface area contributed by atoms with Gasteiger partial charge in [-0.1, -0.05) is 23.4 Å². The molecular formula is C18H18N4O2. The molecule has 1 amide bonds. The molecule has 0 saturated carbocycles. The van der Waals surface area contributed by atoms with E-state index in [-0.39, 0.29) is 5.91 Å². The van der Waals surface area contributed by atoms with Gasteiger partial charge in [-0.25, -0.2) is 4.68 Å². The average molecular weight is 322 g/mol. The molecule has 3 aromatic rings. The zero-order valence-corrected chi connectivity index (χ0v) is 13.2. The van der Waals surface area contributed by atoms with Gasteiger partial charge in [0.2, 0.25) is 0 Å². The third kappa shape index (κ3) is 2.88. The van der Waals surface area contributed by atoms with Crippen molar-refractivity contribution in [2.75, 3.05) is 18.5 Å². The summed E-state index contributed by atoms with van der Waals surface area (Å²) in [5.74, 6) is -0.133. The van der Waals surface area contributed by atoms with E-state index in [1.165, 1.54) is 0 Å². The van der Waals surface area contributed by atoms with Crippen LogP contribution in [-0.4, -0.2) is 34.1 Å². The fraction of sp³-hybridized carbons (Fsp3) is 0.278. The Bertz CT molecular complexity index is 854. The fourth-order valence-corrected chi connectivity index (χ4v) is 3.01. The van der Waals surface area contributed by atoms with Crippen LogP contribution in [0.4, 0.5) is 5.69 Å². The summed E-state index contributed by atoms with van der Waals surface area (Å²) in [4.78, 5) is 12.2. The number of aromatic nitrogens is 3. The highest BCUT2D eigenvalue weighted by Crippen LogP contribution is 2.25. The molecule has 1 aromatic heterocycles. The minimum Gasteiger partial charge on any atom is -0.381 e. The Morgan fingerprint density at radius 1 is 1.12 bits per heavy atom. The predicted molar refractivity (Wildman–Crippen MR) is 91.0 cm³/mol. The summed E-state index contributed by atoms with van der Waals surface area (Å²) in [7, 11) is 0. The molecule has 0 radical (unpaired) electrons. The zero-order valence-electron chi connectivity index (χ0n) is 13.2. The monoisotopic (exact) mass is 322 g/mol. The first kappa shape index (κ1) is 14.8. The molecule has 122 valence electrons. The molecule has 6 heteroatoms. The van der Waals surface area contributed by atoms with E-state index in [0.717, 1.165) is 42.8 Å². The molecule has 0 aliphatic carbocycles. The van der Waals surface area contributed by atoms with E-state index in [1.807, 2.05) is 41.1 Å². The van der Waals surface area contributed by atoms with Gasteiger partial charge in [0.25, 0.3) is 5.91 Å². The molecule has 4 rings (SSSR count). The largest absolute Gasteiger partial charge is 0.381 e. The highest BCUT2D eigenvalue weighted by molar-refractivity contribution is 6.04. The van der Waals surface area contributed by atoms with E-state index in [2.05, 4.69) is 15.6 Å². The number of fused-ring (bicyclic) bond motifs is 1. The van der Waals surface area contributed by atoms with Gasteiger partial charge in [-0.05, 0) is 43.2 Å². The van der Waals surface area contributed by atoms with E-state index in [1.54, 1.807) is 12.1 Å². The maximum Gasteiger partial charge on any atom is 0.255 e. The maximum atomic E-state index is 12.2. The Hall–Kier alpha value is -2.73. The summed E-state index contributed by atoms with van der Waals surface area (Å²) >= 11 is 0. The molecular weight excluding hydrogens is 304 g/mol. The van der Waals surface area contributed by atoms with Gasteiger partial charge < -0.3 is 10.1 Å². The summed E-state index contributed by atoms with van der Waals surface area (Å²) in [5, 5.41) is 11.5. The molecule has 24 heavy (non-hydrogen) atoms. The number of nitrogens with zero attached hydrogens (tertiary/aromatic N) is 3. The molecule has 1 N–H and O–H groups in total. The first-order chi connectivity index (χ1) is 11.8. The summed E-state index contributed by atoms with van der Waals surface area (Å²) in [6.45, 7) is 1.52. The van der Waals surface area contributed by atoms with Crippen molar-refractivity contribution in [2.45, 2.75) is 18.9 Å². The molecule has 0 spiro atoms. The van der Waals surface area contributed by atoms with Crippen molar-refractivity contribution < 1.29 is 9.53 Å². The van der Waals surface area contributed by atoms with Crippen LogP contribution < -0.4 is 5.32 Å². The maximum absolute atomic E-state index is 12.2. The molecule has 1 fully saturated rings. The van der Waals surface area contributed by atoms with Gasteiger partial charge in [0.1, 0.15) is 5.52 Å². The van der Waals surface area contributed by atoms with Crippen LogP contribution in [0, 0.1) is 0 Å². The Morgan fingerprint density at radius 3 is 2.71 bits per heavy atom. The summed E-state index contributed by atoms with van der Waals surface area (Å²) in [6, 6.07) is 15.2. The van der Waals surface area contributed by atoms with Crippen molar-refractivity contribution in [3.8, 4) is 0 Å². The van der Waals surface area contributed by atoms with Crippen LogP contribution in [0.2, 0.25) is 0 Å². The average Bonchev–Trinajstić information content (AvgIpc) is 3.06. The van der Waals surface area contributed by atoms with Gasteiger partial charge in [-0.3, -0.25) is 4.79 Å². The fourth-order valence-electron chi connectivity index (χ4n) is 3.01. The second-order valence-corrected chi connectivity index (χ2v) is 5.90. The summed E-state index contributed by atoms with van der Waals surface area (Å²) < 4.78 is 7.38. The Labute approximate surface area is 139 Å². The highest BCUT2D eigenvalue weighted by atomic mass is 16.5. The topological polar surface area (TPSA) is 69.0 Å². The van der Waals surface area contributed by atoms with Gasteiger partial charge in [0.15, 0.2) is 0 Å². The lowest BCUT2D eigenvalue weighted by Gasteiger charge is -2.22. The van der Waals surface area contributed by atoms with Crippen LogP contribution in [0.1, 0.15) is 29.2 Å². The van der Waals surface area contributed by atoms with Crippen LogP contribution >= 0.6 is 0 Å². The summed E-state index contributed by atoms with van der Waals surface area (Å²) in [5.41, 5.74) is 3.12. The number of hydrogen-bond acceptors (Lipinski definition) is 4. The van der Waals surface area contributed by atoms with E-state index >= 15 is 0 Å². The SMILES string of the molecule is O=C(Nc1ccc2c(c1)nnn2C1CCOCC1)c1ccccc1. The molecule has 6 nitrogen and oxygen atoms in total. The number of hydrogen-bond donors (Lipinski definition) is 1. The number of rotatable bonds is 3. The number of nitrogens with one attached hydrogen (secondary N) is 1. The van der Waals surface area contributed by atoms with Crippen LogP contribution in [0.3, 0.4) is 0 Å². The van der Waals surface area contributed by atoms with E-state index in [9.17, 15) is 4.79 Å². The molecule has 1 saturated heterocycles. The minimum absolute atomic E-state index is 0.133. The van der Waals surface area contributed by atoms with E-state index in [0.29, 0.717) is 11.6 Å². The summed E-state index contributed by atoms with van der Waals surface area (Å²) in [6.07, 6.45) is 1.90. The first-order valence-corrected chi connectivity index (χ1v) is 8.10. The van der Waals surface area contributed by atoms with Crippen molar-refractivity contribution in [1.29, 1.82) is 0 Å². The predicted octanol–water partition coefficient (Wildman–Crippen LogP) is 3.04. The third-order valence-electron chi connectivity index (χ3n) is 4.30. The Balaban J connectivity index is 1.57. The Morgan fingerprint density at radius 2 is 1.92 bits per heavy atom. The van der Waals surface area contributed by atoms with Crippen molar-refractivity contribution in [1.82, 2.24) is 15.0 Å². The second-order valence-electron chi connectivity index (χ2n) is 5.90. The van der Waals surface area contributed by atoms with Gasteiger partial charge in [0.05, 0.1) is 11.6 Å². The molecule has 1 aliphatic rings. The molecule has 0 unspecified atom stereocenters. The van der Waals surface area contributed by atoms with Gasteiger partial charge in [-0.15, -0.1) is 5.10 Å². The number of carbonyl (C=O) groups is 1. The number of anilines is 1. The minimum atomic E-state index is -0.133. The lowest BCUT2D eigenvalue weighted by molar-refractivity contribution is 0.0669. The normalized spacial score (nSPS) is 15.5.